The summed E-state index contributed by atoms with van der Waals surface area (Å²) in [6, 6.07) is 4.82. The number of aliphatic hydroxyl groups is 1. The van der Waals surface area contributed by atoms with E-state index in [1.165, 1.54) is 6.07 Å². The van der Waals surface area contributed by atoms with Crippen molar-refractivity contribution < 1.29 is 14.2 Å². The predicted molar refractivity (Wildman–Crippen MR) is 69.6 cm³/mol. The summed E-state index contributed by atoms with van der Waals surface area (Å²) in [7, 11) is 0. The summed E-state index contributed by atoms with van der Waals surface area (Å²) in [4.78, 5) is 1.98. The molecule has 0 aromatic heterocycles. The minimum atomic E-state index is -0.278. The summed E-state index contributed by atoms with van der Waals surface area (Å²) in [5, 5.41) is 9.71. The molecule has 1 N–H and O–H groups in total. The molecular weight excluding hydrogens is 233 g/mol. The van der Waals surface area contributed by atoms with Crippen LogP contribution >= 0.6 is 0 Å². The summed E-state index contributed by atoms with van der Waals surface area (Å²) in [5.74, 6) is 0.614. The second kappa shape index (κ2) is 5.57. The predicted octanol–water partition coefficient (Wildman–Crippen LogP) is 2.43. The summed E-state index contributed by atoms with van der Waals surface area (Å²) < 4.78 is 19.3. The van der Waals surface area contributed by atoms with E-state index in [1.54, 1.807) is 12.1 Å². The van der Waals surface area contributed by atoms with Crippen LogP contribution in [0.2, 0.25) is 0 Å². The third-order valence-corrected chi connectivity index (χ3v) is 3.43. The molecule has 0 amide bonds. The van der Waals surface area contributed by atoms with Gasteiger partial charge in [-0.25, -0.2) is 4.39 Å². The number of rotatable bonds is 3. The smallest absolute Gasteiger partial charge is 0.146 e. The first-order chi connectivity index (χ1) is 8.61. The van der Waals surface area contributed by atoms with Gasteiger partial charge in [0.2, 0.25) is 0 Å². The van der Waals surface area contributed by atoms with Gasteiger partial charge >= 0.3 is 0 Å². The highest BCUT2D eigenvalue weighted by Crippen LogP contribution is 2.29. The molecule has 100 valence electrons. The first kappa shape index (κ1) is 13.1. The van der Waals surface area contributed by atoms with Crippen LogP contribution in [0.1, 0.15) is 20.3 Å². The van der Waals surface area contributed by atoms with E-state index in [-0.39, 0.29) is 17.8 Å². The molecule has 0 saturated carbocycles. The number of halogens is 1. The monoisotopic (exact) mass is 253 g/mol. The van der Waals surface area contributed by atoms with Gasteiger partial charge in [0.05, 0.1) is 18.4 Å². The Hall–Kier alpha value is -1.29. The Balaban J connectivity index is 2.19. The molecule has 2 rings (SSSR count). The molecule has 4 heteroatoms. The molecule has 1 heterocycles. The second-order valence-electron chi connectivity index (χ2n) is 4.83. The zero-order chi connectivity index (χ0) is 13.1. The minimum Gasteiger partial charge on any atom is -0.494 e. The quantitative estimate of drug-likeness (QED) is 0.898. The fraction of sp³-hybridized carbons (Fsp3) is 0.571. The largest absolute Gasteiger partial charge is 0.494 e. The molecular formula is C14H20FNO2. The van der Waals surface area contributed by atoms with E-state index in [0.29, 0.717) is 37.6 Å². The minimum absolute atomic E-state index is 0.161. The molecule has 18 heavy (non-hydrogen) atoms. The van der Waals surface area contributed by atoms with Crippen molar-refractivity contribution in [1.29, 1.82) is 0 Å². The number of hydrogen-bond acceptors (Lipinski definition) is 3. The molecule has 1 aromatic carbocycles. The van der Waals surface area contributed by atoms with Gasteiger partial charge in [-0.3, -0.25) is 0 Å². The fourth-order valence-corrected chi connectivity index (χ4v) is 2.34. The van der Waals surface area contributed by atoms with Crippen molar-refractivity contribution in [3.8, 4) is 5.75 Å². The number of aliphatic hydroxyl groups excluding tert-OH is 1. The van der Waals surface area contributed by atoms with E-state index in [1.807, 2.05) is 18.7 Å². The molecule has 1 aromatic rings. The summed E-state index contributed by atoms with van der Waals surface area (Å²) in [6.07, 6.45) is 0.402. The Morgan fingerprint density at radius 2 is 2.28 bits per heavy atom. The van der Waals surface area contributed by atoms with E-state index in [4.69, 9.17) is 4.74 Å². The van der Waals surface area contributed by atoms with Gasteiger partial charge in [-0.15, -0.1) is 0 Å². The lowest BCUT2D eigenvalue weighted by atomic mass is 9.96. The van der Waals surface area contributed by atoms with Gasteiger partial charge in [0.25, 0.3) is 0 Å². The Morgan fingerprint density at radius 3 is 2.94 bits per heavy atom. The summed E-state index contributed by atoms with van der Waals surface area (Å²) in [6.45, 7) is 5.81. The number of ether oxygens (including phenoxy) is 1. The Labute approximate surface area is 107 Å². The molecule has 1 aliphatic rings. The molecule has 1 fully saturated rings. The molecule has 0 unspecified atom stereocenters. The van der Waals surface area contributed by atoms with Crippen molar-refractivity contribution in [2.24, 2.45) is 5.92 Å². The van der Waals surface area contributed by atoms with Crippen LogP contribution in [0.15, 0.2) is 18.2 Å². The van der Waals surface area contributed by atoms with E-state index in [0.717, 1.165) is 0 Å². The summed E-state index contributed by atoms with van der Waals surface area (Å²) in [5.41, 5.74) is 0.569. The van der Waals surface area contributed by atoms with Gasteiger partial charge in [-0.05, 0) is 31.4 Å². The maximum Gasteiger partial charge on any atom is 0.146 e. The first-order valence-corrected chi connectivity index (χ1v) is 6.47. The lowest BCUT2D eigenvalue weighted by Gasteiger charge is -2.36. The van der Waals surface area contributed by atoms with Gasteiger partial charge in [-0.2, -0.15) is 0 Å². The molecule has 2 atom stereocenters. The highest BCUT2D eigenvalue weighted by molar-refractivity contribution is 5.52. The Kier molecular flexibility index (Phi) is 4.07. The van der Waals surface area contributed by atoms with E-state index >= 15 is 0 Å². The van der Waals surface area contributed by atoms with Crippen LogP contribution in [0.4, 0.5) is 10.1 Å². The first-order valence-electron chi connectivity index (χ1n) is 6.47. The average Bonchev–Trinajstić information content (AvgIpc) is 2.35. The number of anilines is 1. The van der Waals surface area contributed by atoms with Crippen LogP contribution in [0.5, 0.6) is 5.75 Å². The lowest BCUT2D eigenvalue weighted by Crippen LogP contribution is -2.42. The SMILES string of the molecule is CCOc1ccc(F)c(N2CC[C@@H](O)[C@@H](C)C2)c1. The fourth-order valence-electron chi connectivity index (χ4n) is 2.34. The van der Waals surface area contributed by atoms with Crippen LogP contribution in [-0.4, -0.2) is 30.9 Å². The van der Waals surface area contributed by atoms with Crippen molar-refractivity contribution in [3.63, 3.8) is 0 Å². The van der Waals surface area contributed by atoms with Gasteiger partial charge in [0, 0.05) is 19.2 Å². The van der Waals surface area contributed by atoms with Gasteiger partial charge in [0.15, 0.2) is 0 Å². The number of hydrogen-bond donors (Lipinski definition) is 1. The second-order valence-corrected chi connectivity index (χ2v) is 4.83. The lowest BCUT2D eigenvalue weighted by molar-refractivity contribution is 0.0969. The van der Waals surface area contributed by atoms with Crippen molar-refractivity contribution >= 4 is 5.69 Å². The Bertz CT molecular complexity index is 411. The molecule has 0 bridgehead atoms. The third-order valence-electron chi connectivity index (χ3n) is 3.43. The molecule has 0 spiro atoms. The molecule has 3 nitrogen and oxygen atoms in total. The van der Waals surface area contributed by atoms with E-state index < -0.39 is 0 Å². The van der Waals surface area contributed by atoms with Gasteiger partial charge < -0.3 is 14.7 Å². The van der Waals surface area contributed by atoms with Crippen LogP contribution in [0, 0.1) is 11.7 Å². The maximum absolute atomic E-state index is 13.9. The standard InChI is InChI=1S/C14H20FNO2/c1-3-18-11-4-5-12(15)13(8-11)16-7-6-14(17)10(2)9-16/h4-5,8,10,14,17H,3,6-7,9H2,1-2H3/t10-,14+/m0/s1. The van der Waals surface area contributed by atoms with Crippen molar-refractivity contribution in [3.05, 3.63) is 24.0 Å². The van der Waals surface area contributed by atoms with E-state index in [9.17, 15) is 9.50 Å². The topological polar surface area (TPSA) is 32.7 Å². The normalized spacial score (nSPS) is 24.1. The van der Waals surface area contributed by atoms with Crippen LogP contribution in [0.3, 0.4) is 0 Å². The van der Waals surface area contributed by atoms with Gasteiger partial charge in [0.1, 0.15) is 11.6 Å². The molecule has 1 saturated heterocycles. The summed E-state index contributed by atoms with van der Waals surface area (Å²) >= 11 is 0. The highest BCUT2D eigenvalue weighted by atomic mass is 19.1. The van der Waals surface area contributed by atoms with Crippen LogP contribution in [0.25, 0.3) is 0 Å². The van der Waals surface area contributed by atoms with E-state index in [2.05, 4.69) is 0 Å². The Morgan fingerprint density at radius 1 is 1.50 bits per heavy atom. The highest BCUT2D eigenvalue weighted by Gasteiger charge is 2.25. The average molecular weight is 253 g/mol. The number of piperidine rings is 1. The zero-order valence-electron chi connectivity index (χ0n) is 10.9. The number of benzene rings is 1. The molecule has 0 radical (unpaired) electrons. The van der Waals surface area contributed by atoms with Crippen molar-refractivity contribution in [2.45, 2.75) is 26.4 Å². The van der Waals surface area contributed by atoms with Crippen LogP contribution in [-0.2, 0) is 0 Å². The maximum atomic E-state index is 13.9. The number of nitrogens with zero attached hydrogens (tertiary/aromatic N) is 1. The molecule has 1 aliphatic heterocycles. The third kappa shape index (κ3) is 2.75. The van der Waals surface area contributed by atoms with Crippen molar-refractivity contribution in [1.82, 2.24) is 0 Å². The van der Waals surface area contributed by atoms with Crippen molar-refractivity contribution in [2.75, 3.05) is 24.6 Å². The van der Waals surface area contributed by atoms with Gasteiger partial charge in [-0.1, -0.05) is 6.92 Å². The van der Waals surface area contributed by atoms with Crippen LogP contribution < -0.4 is 9.64 Å². The molecule has 0 aliphatic carbocycles. The zero-order valence-corrected chi connectivity index (χ0v) is 10.9.